The van der Waals surface area contributed by atoms with Gasteiger partial charge in [0.15, 0.2) is 0 Å². The molecule has 7 nitrogen and oxygen atoms in total. The van der Waals surface area contributed by atoms with Crippen molar-refractivity contribution in [3.8, 4) is 0 Å². The number of carbonyl (C=O) groups excluding carboxylic acids is 2. The number of carboxylic acids is 1. The van der Waals surface area contributed by atoms with E-state index in [9.17, 15) is 14.4 Å². The molecular weight excluding hydrogens is 372 g/mol. The Balaban J connectivity index is 1.81. The molecule has 0 radical (unpaired) electrons. The van der Waals surface area contributed by atoms with Gasteiger partial charge in [-0.25, -0.2) is 4.79 Å². The molecule has 2 amide bonds. The van der Waals surface area contributed by atoms with E-state index < -0.39 is 17.8 Å². The molecule has 3 N–H and O–H groups in total. The second kappa shape index (κ2) is 8.71. The molecule has 0 aliphatic heterocycles. The third-order valence-electron chi connectivity index (χ3n) is 4.03. The molecule has 0 aliphatic carbocycles. The Morgan fingerprint density at radius 2 is 1.59 bits per heavy atom. The highest BCUT2D eigenvalue weighted by Crippen LogP contribution is 2.13. The summed E-state index contributed by atoms with van der Waals surface area (Å²) in [5.41, 5.74) is 1.87. The minimum atomic E-state index is -1.06. The van der Waals surface area contributed by atoms with Gasteiger partial charge in [0.25, 0.3) is 11.8 Å². The van der Waals surface area contributed by atoms with Crippen LogP contribution in [-0.2, 0) is 4.79 Å². The van der Waals surface area contributed by atoms with Crippen LogP contribution in [0, 0.1) is 6.92 Å². The van der Waals surface area contributed by atoms with E-state index in [1.807, 2.05) is 6.92 Å². The van der Waals surface area contributed by atoms with Gasteiger partial charge >= 0.3 is 5.97 Å². The van der Waals surface area contributed by atoms with E-state index in [-0.39, 0.29) is 11.3 Å². The Kier molecular flexibility index (Phi) is 5.89. The van der Waals surface area contributed by atoms with Crippen molar-refractivity contribution in [2.45, 2.75) is 6.92 Å². The van der Waals surface area contributed by atoms with Gasteiger partial charge in [0.2, 0.25) is 0 Å². The van der Waals surface area contributed by atoms with Crippen molar-refractivity contribution in [1.82, 2.24) is 5.32 Å². The Hall–Kier alpha value is -4.13. The van der Waals surface area contributed by atoms with Crippen molar-refractivity contribution in [2.75, 3.05) is 5.32 Å². The lowest BCUT2D eigenvalue weighted by atomic mass is 10.1. The minimum absolute atomic E-state index is 0.0205. The van der Waals surface area contributed by atoms with Crippen LogP contribution in [0.3, 0.4) is 0 Å². The lowest BCUT2D eigenvalue weighted by molar-refractivity contribution is -0.113. The molecule has 0 spiro atoms. The molecule has 1 aromatic heterocycles. The molecule has 0 aliphatic rings. The molecule has 146 valence electrons. The molecule has 0 fully saturated rings. The average molecular weight is 390 g/mol. The summed E-state index contributed by atoms with van der Waals surface area (Å²) in [6.07, 6.45) is 2.86. The first-order valence-corrected chi connectivity index (χ1v) is 8.70. The number of carboxylic acid groups (broad SMARTS) is 1. The quantitative estimate of drug-likeness (QED) is 0.556. The zero-order valence-electron chi connectivity index (χ0n) is 15.5. The van der Waals surface area contributed by atoms with Crippen molar-refractivity contribution >= 4 is 29.5 Å². The largest absolute Gasteiger partial charge is 0.478 e. The second-order valence-corrected chi connectivity index (χ2v) is 6.23. The van der Waals surface area contributed by atoms with E-state index in [2.05, 4.69) is 10.6 Å². The van der Waals surface area contributed by atoms with E-state index in [4.69, 9.17) is 9.52 Å². The van der Waals surface area contributed by atoms with E-state index in [0.717, 1.165) is 5.56 Å². The molecule has 29 heavy (non-hydrogen) atoms. The number of hydrogen-bond acceptors (Lipinski definition) is 4. The predicted molar refractivity (Wildman–Crippen MR) is 107 cm³/mol. The van der Waals surface area contributed by atoms with E-state index >= 15 is 0 Å². The van der Waals surface area contributed by atoms with Gasteiger partial charge in [0.05, 0.1) is 11.8 Å². The number of rotatable bonds is 6. The summed E-state index contributed by atoms with van der Waals surface area (Å²) >= 11 is 0. The second-order valence-electron chi connectivity index (χ2n) is 6.23. The van der Waals surface area contributed by atoms with Crippen LogP contribution in [0.1, 0.15) is 32.0 Å². The molecule has 0 atom stereocenters. The SMILES string of the molecule is Cc1ccc(C(=O)N/C(=C/c2ccco2)C(=O)Nc2ccc(C(=O)O)cc2)cc1. The summed E-state index contributed by atoms with van der Waals surface area (Å²) in [6.45, 7) is 1.91. The fourth-order valence-corrected chi connectivity index (χ4v) is 2.47. The van der Waals surface area contributed by atoms with Gasteiger partial charge < -0.3 is 20.2 Å². The van der Waals surface area contributed by atoms with Crippen molar-refractivity contribution in [3.63, 3.8) is 0 Å². The van der Waals surface area contributed by atoms with Crippen molar-refractivity contribution < 1.29 is 23.9 Å². The Labute approximate surface area is 166 Å². The normalized spacial score (nSPS) is 11.0. The van der Waals surface area contributed by atoms with Crippen LogP contribution in [-0.4, -0.2) is 22.9 Å². The lowest BCUT2D eigenvalue weighted by Gasteiger charge is -2.11. The number of hydrogen-bond donors (Lipinski definition) is 3. The van der Waals surface area contributed by atoms with Gasteiger partial charge in [-0.3, -0.25) is 9.59 Å². The van der Waals surface area contributed by atoms with Crippen molar-refractivity contribution in [2.24, 2.45) is 0 Å². The highest BCUT2D eigenvalue weighted by Gasteiger charge is 2.16. The van der Waals surface area contributed by atoms with Crippen LogP contribution in [0.25, 0.3) is 6.08 Å². The zero-order chi connectivity index (χ0) is 20.8. The van der Waals surface area contributed by atoms with Gasteiger partial charge in [0.1, 0.15) is 11.5 Å². The molecule has 0 bridgehead atoms. The van der Waals surface area contributed by atoms with Crippen LogP contribution in [0.15, 0.2) is 77.0 Å². The summed E-state index contributed by atoms with van der Waals surface area (Å²) < 4.78 is 5.24. The maximum atomic E-state index is 12.7. The fraction of sp³-hybridized carbons (Fsp3) is 0.0455. The number of carbonyl (C=O) groups is 3. The molecule has 3 rings (SSSR count). The first kappa shape index (κ1) is 19.6. The Bertz CT molecular complexity index is 1050. The first-order chi connectivity index (χ1) is 13.9. The summed E-state index contributed by atoms with van der Waals surface area (Å²) in [4.78, 5) is 36.2. The number of benzene rings is 2. The smallest absolute Gasteiger partial charge is 0.335 e. The third-order valence-corrected chi connectivity index (χ3v) is 4.03. The molecule has 1 heterocycles. The third kappa shape index (κ3) is 5.20. The van der Waals surface area contributed by atoms with Crippen LogP contribution < -0.4 is 10.6 Å². The Morgan fingerprint density at radius 1 is 0.931 bits per heavy atom. The summed E-state index contributed by atoms with van der Waals surface area (Å²) in [7, 11) is 0. The van der Waals surface area contributed by atoms with Crippen molar-refractivity contribution in [3.05, 3.63) is 95.1 Å². The fourth-order valence-electron chi connectivity index (χ4n) is 2.47. The Morgan fingerprint density at radius 3 is 2.17 bits per heavy atom. The van der Waals surface area contributed by atoms with Crippen molar-refractivity contribution in [1.29, 1.82) is 0 Å². The summed E-state index contributed by atoms with van der Waals surface area (Å²) in [5.74, 6) is -1.70. The number of aromatic carboxylic acids is 1. The predicted octanol–water partition coefficient (Wildman–Crippen LogP) is 3.70. The summed E-state index contributed by atoms with van der Waals surface area (Å²) in [6, 6.07) is 15.9. The van der Waals surface area contributed by atoms with Gasteiger partial charge in [-0.05, 0) is 55.5 Å². The molecule has 0 unspecified atom stereocenters. The van der Waals surface area contributed by atoms with Gasteiger partial charge in [-0.2, -0.15) is 0 Å². The van der Waals surface area contributed by atoms with Gasteiger partial charge in [0, 0.05) is 17.3 Å². The van der Waals surface area contributed by atoms with E-state index in [1.54, 1.807) is 36.4 Å². The zero-order valence-corrected chi connectivity index (χ0v) is 15.5. The average Bonchev–Trinajstić information content (AvgIpc) is 3.21. The molecule has 0 saturated heterocycles. The molecule has 3 aromatic rings. The number of furan rings is 1. The highest BCUT2D eigenvalue weighted by molar-refractivity contribution is 6.10. The number of anilines is 1. The van der Waals surface area contributed by atoms with Crippen LogP contribution in [0.2, 0.25) is 0 Å². The molecular formula is C22H18N2O5. The first-order valence-electron chi connectivity index (χ1n) is 8.70. The maximum Gasteiger partial charge on any atom is 0.335 e. The highest BCUT2D eigenvalue weighted by atomic mass is 16.4. The topological polar surface area (TPSA) is 109 Å². The standard InChI is InChI=1S/C22H18N2O5/c1-14-4-6-15(7-5-14)20(25)24-19(13-18-3-2-12-29-18)21(26)23-17-10-8-16(9-11-17)22(27)28/h2-13H,1H3,(H,23,26)(H,24,25)(H,27,28)/b19-13+. The number of aryl methyl sites for hydroxylation is 1. The number of amides is 2. The van der Waals surface area contributed by atoms with Gasteiger partial charge in [-0.15, -0.1) is 0 Å². The number of nitrogens with one attached hydrogen (secondary N) is 2. The lowest BCUT2D eigenvalue weighted by Crippen LogP contribution is -2.30. The minimum Gasteiger partial charge on any atom is -0.478 e. The van der Waals surface area contributed by atoms with E-state index in [1.165, 1.54) is 36.6 Å². The molecule has 2 aromatic carbocycles. The molecule has 7 heteroatoms. The maximum absolute atomic E-state index is 12.7. The van der Waals surface area contributed by atoms with Crippen LogP contribution in [0.5, 0.6) is 0 Å². The van der Waals surface area contributed by atoms with E-state index in [0.29, 0.717) is 17.0 Å². The van der Waals surface area contributed by atoms with Gasteiger partial charge in [-0.1, -0.05) is 17.7 Å². The monoisotopic (exact) mass is 390 g/mol. The summed E-state index contributed by atoms with van der Waals surface area (Å²) in [5, 5.41) is 14.2. The molecule has 0 saturated carbocycles. The van der Waals surface area contributed by atoms with Crippen LogP contribution in [0.4, 0.5) is 5.69 Å². The van der Waals surface area contributed by atoms with Crippen LogP contribution >= 0.6 is 0 Å².